The minimum absolute atomic E-state index is 0.120. The van der Waals surface area contributed by atoms with Crippen LogP contribution >= 0.6 is 11.6 Å². The Morgan fingerprint density at radius 1 is 1.36 bits per heavy atom. The van der Waals surface area contributed by atoms with E-state index in [0.717, 1.165) is 17.8 Å². The first-order chi connectivity index (χ1) is 11.8. The highest BCUT2D eigenvalue weighted by atomic mass is 35.5. The summed E-state index contributed by atoms with van der Waals surface area (Å²) in [6.45, 7) is 1.55. The molecule has 0 unspecified atom stereocenters. The number of halogens is 4. The van der Waals surface area contributed by atoms with Crippen molar-refractivity contribution in [3.8, 4) is 5.75 Å². The van der Waals surface area contributed by atoms with E-state index < -0.39 is 22.8 Å². The molecule has 25 heavy (non-hydrogen) atoms. The Bertz CT molecular complexity index is 785. The lowest BCUT2D eigenvalue weighted by Gasteiger charge is -2.27. The molecule has 1 aliphatic rings. The van der Waals surface area contributed by atoms with Crippen LogP contribution in [-0.2, 0) is 13.2 Å². The third-order valence-corrected chi connectivity index (χ3v) is 3.99. The molecule has 0 saturated carbocycles. The van der Waals surface area contributed by atoms with Crippen molar-refractivity contribution in [2.45, 2.75) is 12.3 Å². The summed E-state index contributed by atoms with van der Waals surface area (Å²) in [6, 6.07) is 6.52. The fourth-order valence-electron chi connectivity index (χ4n) is 2.27. The monoisotopic (exact) mass is 374 g/mol. The van der Waals surface area contributed by atoms with Crippen LogP contribution in [0.2, 0.25) is 5.02 Å². The van der Waals surface area contributed by atoms with E-state index in [9.17, 15) is 18.0 Å². The van der Waals surface area contributed by atoms with Gasteiger partial charge in [-0.05, 0) is 24.3 Å². The van der Waals surface area contributed by atoms with Gasteiger partial charge >= 0.3 is 6.18 Å². The third kappa shape index (κ3) is 3.72. The minimum atomic E-state index is -4.73. The van der Waals surface area contributed by atoms with Gasteiger partial charge in [0.2, 0.25) is 0 Å². The molecular formula is C15H14ClF3N4O2. The Morgan fingerprint density at radius 2 is 2.00 bits per heavy atom. The second-order valence-corrected chi connectivity index (χ2v) is 5.89. The number of hydrogen-bond donors (Lipinski definition) is 2. The van der Waals surface area contributed by atoms with Crippen LogP contribution in [0.4, 0.5) is 18.9 Å². The number of nitrogens with one attached hydrogen (secondary N) is 2. The van der Waals surface area contributed by atoms with E-state index in [1.165, 1.54) is 7.05 Å². The molecule has 1 aliphatic heterocycles. The van der Waals surface area contributed by atoms with Gasteiger partial charge in [-0.3, -0.25) is 9.48 Å². The molecule has 2 heterocycles. The first kappa shape index (κ1) is 17.6. The Kier molecular flexibility index (Phi) is 4.61. The van der Waals surface area contributed by atoms with Gasteiger partial charge < -0.3 is 15.4 Å². The van der Waals surface area contributed by atoms with Crippen molar-refractivity contribution in [1.82, 2.24) is 15.1 Å². The van der Waals surface area contributed by atoms with Crippen molar-refractivity contribution in [1.29, 1.82) is 0 Å². The van der Waals surface area contributed by atoms with E-state index in [1.807, 2.05) is 0 Å². The summed E-state index contributed by atoms with van der Waals surface area (Å²) in [5, 5.41) is 8.12. The smallest absolute Gasteiger partial charge is 0.436 e. The van der Waals surface area contributed by atoms with Gasteiger partial charge in [-0.15, -0.1) is 0 Å². The predicted octanol–water partition coefficient (Wildman–Crippen LogP) is 2.70. The number of carbonyl (C=O) groups excluding carboxylic acids is 1. The van der Waals surface area contributed by atoms with Gasteiger partial charge in [-0.25, -0.2) is 0 Å². The molecule has 0 radical (unpaired) electrons. The van der Waals surface area contributed by atoms with Crippen molar-refractivity contribution >= 4 is 23.2 Å². The summed E-state index contributed by atoms with van der Waals surface area (Å²) >= 11 is 5.69. The van der Waals surface area contributed by atoms with E-state index >= 15 is 0 Å². The maximum absolute atomic E-state index is 12.8. The van der Waals surface area contributed by atoms with Crippen molar-refractivity contribution in [2.75, 3.05) is 18.4 Å². The van der Waals surface area contributed by atoms with Crippen molar-refractivity contribution < 1.29 is 22.7 Å². The molecule has 0 spiro atoms. The molecule has 1 aromatic carbocycles. The second kappa shape index (κ2) is 6.57. The molecule has 1 saturated heterocycles. The van der Waals surface area contributed by atoms with Gasteiger partial charge in [-0.1, -0.05) is 11.6 Å². The number of amides is 1. The fraction of sp³-hybridized carbons (Fsp3) is 0.333. The van der Waals surface area contributed by atoms with Gasteiger partial charge in [0.05, 0.1) is 0 Å². The average Bonchev–Trinajstić information content (AvgIpc) is 2.79. The summed E-state index contributed by atoms with van der Waals surface area (Å²) in [5.41, 5.74) is -1.26. The van der Waals surface area contributed by atoms with Gasteiger partial charge in [0, 0.05) is 25.8 Å². The largest absolute Gasteiger partial charge is 0.488 e. The molecule has 1 amide bonds. The lowest BCUT2D eigenvalue weighted by molar-refractivity contribution is -0.141. The van der Waals surface area contributed by atoms with Gasteiger partial charge in [-0.2, -0.15) is 18.3 Å². The lowest BCUT2D eigenvalue weighted by atomic mass is 10.2. The summed E-state index contributed by atoms with van der Waals surface area (Å²) in [4.78, 5) is 12.3. The number of alkyl halides is 3. The number of rotatable bonds is 4. The highest BCUT2D eigenvalue weighted by Crippen LogP contribution is 2.35. The number of aryl methyl sites for hydroxylation is 1. The number of benzene rings is 1. The average molecular weight is 375 g/mol. The first-order valence-electron chi connectivity index (χ1n) is 7.34. The molecular weight excluding hydrogens is 361 g/mol. The van der Waals surface area contributed by atoms with Crippen LogP contribution < -0.4 is 15.4 Å². The Morgan fingerprint density at radius 3 is 2.48 bits per heavy atom. The normalized spacial score (nSPS) is 14.9. The summed E-state index contributed by atoms with van der Waals surface area (Å²) in [5.74, 6) is -0.144. The second-order valence-electron chi connectivity index (χ2n) is 5.51. The maximum Gasteiger partial charge on any atom is 0.436 e. The van der Waals surface area contributed by atoms with E-state index in [-0.39, 0.29) is 11.8 Å². The fourth-order valence-corrected chi connectivity index (χ4v) is 2.62. The van der Waals surface area contributed by atoms with Crippen LogP contribution in [0.25, 0.3) is 0 Å². The lowest BCUT2D eigenvalue weighted by Crippen LogP contribution is -2.50. The molecule has 134 valence electrons. The number of carbonyl (C=O) groups is 1. The Balaban J connectivity index is 1.73. The highest BCUT2D eigenvalue weighted by molar-refractivity contribution is 6.34. The first-order valence-corrected chi connectivity index (χ1v) is 7.72. The quantitative estimate of drug-likeness (QED) is 0.863. The summed E-state index contributed by atoms with van der Waals surface area (Å²) < 4.78 is 44.9. The van der Waals surface area contributed by atoms with Crippen LogP contribution in [0.1, 0.15) is 16.2 Å². The molecule has 2 N–H and O–H groups in total. The van der Waals surface area contributed by atoms with Crippen molar-refractivity contribution in [3.63, 3.8) is 0 Å². The van der Waals surface area contributed by atoms with Crippen molar-refractivity contribution in [3.05, 3.63) is 40.7 Å². The number of ether oxygens (including phenoxy) is 1. The van der Waals surface area contributed by atoms with E-state index in [1.54, 1.807) is 24.3 Å². The standard InChI is InChI=1S/C15H14ClF3N4O2/c1-23-12(11(16)13(22-23)15(17,18)19)14(24)21-8-2-4-9(5-3-8)25-10-6-20-7-10/h2-5,10,20H,6-7H2,1H3,(H,21,24). The summed E-state index contributed by atoms with van der Waals surface area (Å²) in [6.07, 6.45) is -4.61. The van der Waals surface area contributed by atoms with E-state index in [4.69, 9.17) is 16.3 Å². The van der Waals surface area contributed by atoms with Crippen LogP contribution in [0.15, 0.2) is 24.3 Å². The number of aromatic nitrogens is 2. The molecule has 6 nitrogen and oxygen atoms in total. The van der Waals surface area contributed by atoms with Gasteiger partial charge in [0.25, 0.3) is 5.91 Å². The molecule has 0 atom stereocenters. The molecule has 1 fully saturated rings. The zero-order valence-electron chi connectivity index (χ0n) is 13.0. The number of nitrogens with zero attached hydrogens (tertiary/aromatic N) is 2. The van der Waals surface area contributed by atoms with E-state index in [2.05, 4.69) is 15.7 Å². The molecule has 3 rings (SSSR count). The predicted molar refractivity (Wildman–Crippen MR) is 84.9 cm³/mol. The van der Waals surface area contributed by atoms with Crippen LogP contribution in [0, 0.1) is 0 Å². The third-order valence-electron chi connectivity index (χ3n) is 3.63. The van der Waals surface area contributed by atoms with Crippen molar-refractivity contribution in [2.24, 2.45) is 7.05 Å². The topological polar surface area (TPSA) is 68.2 Å². The Hall–Kier alpha value is -2.26. The SMILES string of the molecule is Cn1nc(C(F)(F)F)c(Cl)c1C(=O)Nc1ccc(OC2CNC2)cc1. The minimum Gasteiger partial charge on any atom is -0.488 e. The van der Waals surface area contributed by atoms with Gasteiger partial charge in [0.1, 0.15) is 22.6 Å². The zero-order chi connectivity index (χ0) is 18.2. The van der Waals surface area contributed by atoms with Crippen LogP contribution in [0.5, 0.6) is 5.75 Å². The number of hydrogen-bond acceptors (Lipinski definition) is 4. The maximum atomic E-state index is 12.8. The zero-order valence-corrected chi connectivity index (χ0v) is 13.8. The Labute approximate surface area is 145 Å². The molecule has 1 aromatic heterocycles. The van der Waals surface area contributed by atoms with E-state index in [0.29, 0.717) is 11.4 Å². The highest BCUT2D eigenvalue weighted by Gasteiger charge is 2.39. The molecule has 0 bridgehead atoms. The molecule has 2 aromatic rings. The number of anilines is 1. The molecule has 10 heteroatoms. The van der Waals surface area contributed by atoms with Gasteiger partial charge in [0.15, 0.2) is 5.69 Å². The molecule has 0 aliphatic carbocycles. The van der Waals surface area contributed by atoms with Crippen LogP contribution in [-0.4, -0.2) is 34.9 Å². The van der Waals surface area contributed by atoms with Crippen LogP contribution in [0.3, 0.4) is 0 Å². The summed E-state index contributed by atoms with van der Waals surface area (Å²) in [7, 11) is 1.22.